The maximum Gasteiger partial charge on any atom is 0.272 e. The Morgan fingerprint density at radius 3 is 2.81 bits per heavy atom. The molecule has 1 aliphatic rings. The van der Waals surface area contributed by atoms with Crippen LogP contribution in [0.25, 0.3) is 0 Å². The number of aromatic nitrogens is 1. The summed E-state index contributed by atoms with van der Waals surface area (Å²) in [5, 5.41) is 3.41. The van der Waals surface area contributed by atoms with Crippen LogP contribution in [0, 0.1) is 5.92 Å². The van der Waals surface area contributed by atoms with Gasteiger partial charge in [-0.05, 0) is 57.5 Å². The van der Waals surface area contributed by atoms with Gasteiger partial charge in [-0.25, -0.2) is 0 Å². The number of pyridine rings is 1. The number of carbonyl (C=O) groups excluding carboxylic acids is 1. The molecule has 1 aromatic heterocycles. The van der Waals surface area contributed by atoms with Crippen LogP contribution >= 0.6 is 0 Å². The Morgan fingerprint density at radius 2 is 2.14 bits per heavy atom. The number of hydrogen-bond donors (Lipinski definition) is 1. The van der Waals surface area contributed by atoms with Gasteiger partial charge < -0.3 is 15.1 Å². The number of hydrogen-bond acceptors (Lipinski definition) is 4. The molecular weight excluding hydrogens is 264 g/mol. The van der Waals surface area contributed by atoms with Crippen LogP contribution in [0.15, 0.2) is 18.3 Å². The SMILES string of the molecule is CN1CCC(CCNc2ccnc(C(=O)N(C)C)c2)CC1. The third kappa shape index (κ3) is 4.70. The lowest BCUT2D eigenvalue weighted by atomic mass is 9.94. The van der Waals surface area contributed by atoms with E-state index in [1.54, 1.807) is 25.2 Å². The summed E-state index contributed by atoms with van der Waals surface area (Å²) in [6, 6.07) is 3.75. The van der Waals surface area contributed by atoms with E-state index in [2.05, 4.69) is 22.2 Å². The Hall–Kier alpha value is -1.62. The topological polar surface area (TPSA) is 48.5 Å². The predicted molar refractivity (Wildman–Crippen MR) is 85.6 cm³/mol. The van der Waals surface area contributed by atoms with Crippen LogP contribution in [-0.4, -0.2) is 61.5 Å². The monoisotopic (exact) mass is 290 g/mol. The summed E-state index contributed by atoms with van der Waals surface area (Å²) in [7, 11) is 5.67. The lowest BCUT2D eigenvalue weighted by Crippen LogP contribution is -2.30. The van der Waals surface area contributed by atoms with Gasteiger partial charge in [-0.1, -0.05) is 0 Å². The lowest BCUT2D eigenvalue weighted by Gasteiger charge is -2.29. The molecule has 21 heavy (non-hydrogen) atoms. The molecule has 0 spiro atoms. The molecule has 2 heterocycles. The van der Waals surface area contributed by atoms with Crippen molar-refractivity contribution in [3.8, 4) is 0 Å². The molecule has 0 aromatic carbocycles. The van der Waals surface area contributed by atoms with Gasteiger partial charge in [-0.2, -0.15) is 0 Å². The first-order valence-corrected chi connectivity index (χ1v) is 7.66. The second-order valence-corrected chi connectivity index (χ2v) is 6.09. The van der Waals surface area contributed by atoms with Crippen LogP contribution in [0.5, 0.6) is 0 Å². The summed E-state index contributed by atoms with van der Waals surface area (Å²) in [4.78, 5) is 20.0. The Balaban J connectivity index is 1.81. The molecule has 0 saturated carbocycles. The summed E-state index contributed by atoms with van der Waals surface area (Å²) in [5.41, 5.74) is 1.47. The lowest BCUT2D eigenvalue weighted by molar-refractivity contribution is 0.0822. The molecule has 0 aliphatic carbocycles. The molecule has 0 radical (unpaired) electrons. The molecule has 1 aliphatic heterocycles. The first-order chi connectivity index (χ1) is 10.1. The number of piperidine rings is 1. The van der Waals surface area contributed by atoms with Crippen LogP contribution in [0.3, 0.4) is 0 Å². The second-order valence-electron chi connectivity index (χ2n) is 6.09. The number of nitrogens with zero attached hydrogens (tertiary/aromatic N) is 3. The highest BCUT2D eigenvalue weighted by Gasteiger charge is 2.16. The fourth-order valence-corrected chi connectivity index (χ4v) is 2.66. The minimum atomic E-state index is -0.0611. The molecule has 1 N–H and O–H groups in total. The van der Waals surface area contributed by atoms with Crippen molar-refractivity contribution in [2.24, 2.45) is 5.92 Å². The second kappa shape index (κ2) is 7.41. The zero-order valence-corrected chi connectivity index (χ0v) is 13.3. The van der Waals surface area contributed by atoms with Crippen LogP contribution in [0.4, 0.5) is 5.69 Å². The molecule has 5 nitrogen and oxygen atoms in total. The normalized spacial score (nSPS) is 16.7. The van der Waals surface area contributed by atoms with E-state index in [-0.39, 0.29) is 5.91 Å². The molecule has 0 atom stereocenters. The standard InChI is InChI=1S/C16H26N4O/c1-19(2)16(21)15-12-14(5-9-18-15)17-8-4-13-6-10-20(3)11-7-13/h5,9,12-13H,4,6-8,10-11H2,1-3H3,(H,17,18). The third-order valence-corrected chi connectivity index (χ3v) is 4.11. The maximum atomic E-state index is 11.9. The van der Waals surface area contributed by atoms with Gasteiger partial charge in [-0.3, -0.25) is 9.78 Å². The van der Waals surface area contributed by atoms with Crippen molar-refractivity contribution in [2.45, 2.75) is 19.3 Å². The highest BCUT2D eigenvalue weighted by molar-refractivity contribution is 5.92. The van der Waals surface area contributed by atoms with Gasteiger partial charge in [0.15, 0.2) is 0 Å². The Bertz CT molecular complexity index is 467. The number of rotatable bonds is 5. The van der Waals surface area contributed by atoms with E-state index in [1.165, 1.54) is 32.4 Å². The molecule has 0 bridgehead atoms. The summed E-state index contributed by atoms with van der Waals surface area (Å²) in [5.74, 6) is 0.757. The number of carbonyl (C=O) groups is 1. The zero-order chi connectivity index (χ0) is 15.2. The molecule has 1 aromatic rings. The van der Waals surface area contributed by atoms with Crippen LogP contribution < -0.4 is 5.32 Å². The van der Waals surface area contributed by atoms with Crippen molar-refractivity contribution in [3.05, 3.63) is 24.0 Å². The Labute approximate surface area is 127 Å². The maximum absolute atomic E-state index is 11.9. The number of amides is 1. The Morgan fingerprint density at radius 1 is 1.43 bits per heavy atom. The highest BCUT2D eigenvalue weighted by atomic mass is 16.2. The van der Waals surface area contributed by atoms with Crippen LogP contribution in [-0.2, 0) is 0 Å². The molecular formula is C16H26N4O. The zero-order valence-electron chi connectivity index (χ0n) is 13.3. The molecule has 1 fully saturated rings. The van der Waals surface area contributed by atoms with Crippen molar-refractivity contribution in [1.82, 2.24) is 14.8 Å². The van der Waals surface area contributed by atoms with E-state index in [4.69, 9.17) is 0 Å². The highest BCUT2D eigenvalue weighted by Crippen LogP contribution is 2.19. The molecule has 1 amide bonds. The van der Waals surface area contributed by atoms with E-state index >= 15 is 0 Å². The fraction of sp³-hybridized carbons (Fsp3) is 0.625. The third-order valence-electron chi connectivity index (χ3n) is 4.11. The van der Waals surface area contributed by atoms with Gasteiger partial charge in [0.1, 0.15) is 5.69 Å². The number of anilines is 1. The minimum Gasteiger partial charge on any atom is -0.385 e. The van der Waals surface area contributed by atoms with E-state index in [0.29, 0.717) is 5.69 Å². The Kier molecular flexibility index (Phi) is 5.56. The molecule has 116 valence electrons. The van der Waals surface area contributed by atoms with E-state index in [1.807, 2.05) is 12.1 Å². The number of likely N-dealkylation sites (tertiary alicyclic amines) is 1. The predicted octanol–water partition coefficient (Wildman–Crippen LogP) is 1.93. The summed E-state index contributed by atoms with van der Waals surface area (Å²) in [6.45, 7) is 3.37. The molecule has 1 saturated heterocycles. The average molecular weight is 290 g/mol. The van der Waals surface area contributed by atoms with E-state index in [0.717, 1.165) is 18.2 Å². The van der Waals surface area contributed by atoms with Crippen molar-refractivity contribution < 1.29 is 4.79 Å². The van der Waals surface area contributed by atoms with Gasteiger partial charge in [0.25, 0.3) is 5.91 Å². The molecule has 0 unspecified atom stereocenters. The largest absolute Gasteiger partial charge is 0.385 e. The summed E-state index contributed by atoms with van der Waals surface area (Å²) in [6.07, 6.45) is 5.46. The molecule has 5 heteroatoms. The van der Waals surface area contributed by atoms with Crippen molar-refractivity contribution in [3.63, 3.8) is 0 Å². The van der Waals surface area contributed by atoms with Crippen molar-refractivity contribution in [1.29, 1.82) is 0 Å². The van der Waals surface area contributed by atoms with E-state index < -0.39 is 0 Å². The average Bonchev–Trinajstić information content (AvgIpc) is 2.49. The first kappa shape index (κ1) is 15.8. The van der Waals surface area contributed by atoms with Crippen LogP contribution in [0.2, 0.25) is 0 Å². The summed E-state index contributed by atoms with van der Waals surface area (Å²) >= 11 is 0. The smallest absolute Gasteiger partial charge is 0.272 e. The number of nitrogens with one attached hydrogen (secondary N) is 1. The first-order valence-electron chi connectivity index (χ1n) is 7.66. The van der Waals surface area contributed by atoms with Gasteiger partial charge >= 0.3 is 0 Å². The molecule has 2 rings (SSSR count). The van der Waals surface area contributed by atoms with E-state index in [9.17, 15) is 4.79 Å². The quantitative estimate of drug-likeness (QED) is 0.900. The van der Waals surface area contributed by atoms with Crippen LogP contribution in [0.1, 0.15) is 29.8 Å². The minimum absolute atomic E-state index is 0.0611. The van der Waals surface area contributed by atoms with Crippen molar-refractivity contribution in [2.75, 3.05) is 46.1 Å². The van der Waals surface area contributed by atoms with Gasteiger partial charge in [0.05, 0.1) is 0 Å². The van der Waals surface area contributed by atoms with Gasteiger partial charge in [-0.15, -0.1) is 0 Å². The van der Waals surface area contributed by atoms with Gasteiger partial charge in [0.2, 0.25) is 0 Å². The van der Waals surface area contributed by atoms with Gasteiger partial charge in [0, 0.05) is 32.5 Å². The summed E-state index contributed by atoms with van der Waals surface area (Å²) < 4.78 is 0. The fourth-order valence-electron chi connectivity index (χ4n) is 2.66. The van der Waals surface area contributed by atoms with Crippen molar-refractivity contribution >= 4 is 11.6 Å².